The van der Waals surface area contributed by atoms with Gasteiger partial charge < -0.3 is 10.1 Å². The molecule has 1 aliphatic rings. The van der Waals surface area contributed by atoms with Crippen LogP contribution in [0.1, 0.15) is 70.3 Å². The maximum atomic E-state index is 5.07. The molecule has 1 saturated carbocycles. The fourth-order valence-corrected chi connectivity index (χ4v) is 3.30. The van der Waals surface area contributed by atoms with Gasteiger partial charge in [-0.15, -0.1) is 5.10 Å². The molecule has 1 aliphatic carbocycles. The van der Waals surface area contributed by atoms with Gasteiger partial charge in [-0.05, 0) is 49.0 Å². The number of nitrogens with one attached hydrogen (secondary N) is 1. The predicted octanol–water partition coefficient (Wildman–Crippen LogP) is 2.50. The highest BCUT2D eigenvalue weighted by molar-refractivity contribution is 4.93. The van der Waals surface area contributed by atoms with Crippen LogP contribution in [-0.2, 0) is 4.74 Å². The highest BCUT2D eigenvalue weighted by Crippen LogP contribution is 2.34. The summed E-state index contributed by atoms with van der Waals surface area (Å²) < 4.78 is 7.12. The number of hydrogen-bond acceptors (Lipinski definition) is 5. The Morgan fingerprint density at radius 3 is 2.76 bits per heavy atom. The molecule has 0 aromatic carbocycles. The van der Waals surface area contributed by atoms with Gasteiger partial charge in [0.1, 0.15) is 0 Å². The van der Waals surface area contributed by atoms with Gasteiger partial charge in [-0.3, -0.25) is 0 Å². The topological polar surface area (TPSA) is 64.9 Å². The average molecular weight is 295 g/mol. The highest BCUT2D eigenvalue weighted by atomic mass is 16.5. The quantitative estimate of drug-likeness (QED) is 0.746. The Morgan fingerprint density at radius 2 is 2.10 bits per heavy atom. The minimum atomic E-state index is 0.156. The van der Waals surface area contributed by atoms with Crippen LogP contribution in [0.15, 0.2) is 0 Å². The van der Waals surface area contributed by atoms with Crippen LogP contribution >= 0.6 is 0 Å². The number of tetrazole rings is 1. The van der Waals surface area contributed by atoms with Crippen molar-refractivity contribution in [3.8, 4) is 0 Å². The minimum absolute atomic E-state index is 0.156. The fraction of sp³-hybridized carbons (Fsp3) is 0.933. The number of hydrogen-bond donors (Lipinski definition) is 1. The molecule has 0 aliphatic heterocycles. The van der Waals surface area contributed by atoms with E-state index in [0.717, 1.165) is 18.3 Å². The van der Waals surface area contributed by atoms with Gasteiger partial charge in [-0.25, -0.2) is 4.68 Å². The lowest BCUT2D eigenvalue weighted by molar-refractivity contribution is 0.194. The van der Waals surface area contributed by atoms with E-state index in [0.29, 0.717) is 12.6 Å². The molecule has 1 unspecified atom stereocenters. The second-order valence-electron chi connectivity index (χ2n) is 6.11. The molecule has 1 atom stereocenters. The van der Waals surface area contributed by atoms with E-state index < -0.39 is 0 Å². The summed E-state index contributed by atoms with van der Waals surface area (Å²) in [6.07, 6.45) is 7.68. The number of rotatable bonds is 8. The second kappa shape index (κ2) is 8.44. The van der Waals surface area contributed by atoms with Crippen LogP contribution < -0.4 is 5.32 Å². The molecule has 1 aromatic rings. The van der Waals surface area contributed by atoms with Crippen LogP contribution in [-0.4, -0.2) is 40.5 Å². The number of aromatic nitrogens is 4. The van der Waals surface area contributed by atoms with Gasteiger partial charge >= 0.3 is 0 Å². The first-order valence-corrected chi connectivity index (χ1v) is 8.26. The Hall–Kier alpha value is -1.01. The Bertz CT molecular complexity index is 401. The second-order valence-corrected chi connectivity index (χ2v) is 6.11. The van der Waals surface area contributed by atoms with E-state index in [1.54, 1.807) is 7.11 Å². The third kappa shape index (κ3) is 4.48. The molecular weight excluding hydrogens is 266 g/mol. The first-order valence-electron chi connectivity index (χ1n) is 8.26. The lowest BCUT2D eigenvalue weighted by Crippen LogP contribution is -2.28. The average Bonchev–Trinajstić information content (AvgIpc) is 2.98. The zero-order chi connectivity index (χ0) is 15.1. The van der Waals surface area contributed by atoms with Gasteiger partial charge in [0.05, 0.1) is 18.7 Å². The van der Waals surface area contributed by atoms with Crippen molar-refractivity contribution in [1.82, 2.24) is 25.5 Å². The van der Waals surface area contributed by atoms with Gasteiger partial charge in [0.25, 0.3) is 0 Å². The van der Waals surface area contributed by atoms with E-state index in [9.17, 15) is 0 Å². The standard InChI is InChI=1S/C15H29N5O/c1-4-5-13-6-8-14(9-7-13)20-15(17-18-19-20)12(2)16-10-11-21-3/h12-14,16H,4-11H2,1-3H3. The van der Waals surface area contributed by atoms with Gasteiger partial charge in [-0.2, -0.15) is 0 Å². The van der Waals surface area contributed by atoms with Crippen molar-refractivity contribution < 1.29 is 4.74 Å². The summed E-state index contributed by atoms with van der Waals surface area (Å²) in [6.45, 7) is 5.90. The maximum Gasteiger partial charge on any atom is 0.168 e. The summed E-state index contributed by atoms with van der Waals surface area (Å²) in [7, 11) is 1.71. The Morgan fingerprint density at radius 1 is 1.33 bits per heavy atom. The molecule has 1 fully saturated rings. The van der Waals surface area contributed by atoms with Crippen molar-refractivity contribution in [2.75, 3.05) is 20.3 Å². The summed E-state index contributed by atoms with van der Waals surface area (Å²) in [5.41, 5.74) is 0. The monoisotopic (exact) mass is 295 g/mol. The maximum absolute atomic E-state index is 5.07. The van der Waals surface area contributed by atoms with E-state index in [4.69, 9.17) is 4.74 Å². The van der Waals surface area contributed by atoms with Crippen molar-refractivity contribution in [2.24, 2.45) is 5.92 Å². The van der Waals surface area contributed by atoms with Crippen molar-refractivity contribution in [3.63, 3.8) is 0 Å². The SMILES string of the molecule is CCCC1CCC(n2nnnc2C(C)NCCOC)CC1. The number of methoxy groups -OCH3 is 1. The van der Waals surface area contributed by atoms with E-state index in [2.05, 4.69) is 34.7 Å². The normalized spacial score (nSPS) is 24.1. The molecule has 120 valence electrons. The predicted molar refractivity (Wildman–Crippen MR) is 82.0 cm³/mol. The zero-order valence-electron chi connectivity index (χ0n) is 13.6. The van der Waals surface area contributed by atoms with Gasteiger partial charge in [0, 0.05) is 13.7 Å². The largest absolute Gasteiger partial charge is 0.383 e. The lowest BCUT2D eigenvalue weighted by atomic mass is 9.83. The molecule has 21 heavy (non-hydrogen) atoms. The number of ether oxygens (including phenoxy) is 1. The molecule has 0 bridgehead atoms. The minimum Gasteiger partial charge on any atom is -0.383 e. The van der Waals surface area contributed by atoms with Crippen LogP contribution in [0.5, 0.6) is 0 Å². The first-order chi connectivity index (χ1) is 10.3. The molecule has 1 N–H and O–H groups in total. The third-order valence-electron chi connectivity index (χ3n) is 4.52. The first kappa shape index (κ1) is 16.4. The van der Waals surface area contributed by atoms with Crippen LogP contribution in [0.3, 0.4) is 0 Å². The van der Waals surface area contributed by atoms with Crippen LogP contribution in [0.4, 0.5) is 0 Å². The fourth-order valence-electron chi connectivity index (χ4n) is 3.30. The molecule has 0 radical (unpaired) electrons. The number of nitrogens with zero attached hydrogens (tertiary/aromatic N) is 4. The molecule has 1 heterocycles. The molecule has 0 amide bonds. The van der Waals surface area contributed by atoms with Crippen LogP contribution in [0.2, 0.25) is 0 Å². The van der Waals surface area contributed by atoms with Gasteiger partial charge in [0.2, 0.25) is 0 Å². The molecule has 2 rings (SSSR count). The van der Waals surface area contributed by atoms with Crippen molar-refractivity contribution >= 4 is 0 Å². The third-order valence-corrected chi connectivity index (χ3v) is 4.52. The Labute approximate surface area is 127 Å². The summed E-state index contributed by atoms with van der Waals surface area (Å²) >= 11 is 0. The summed E-state index contributed by atoms with van der Waals surface area (Å²) in [6, 6.07) is 0.623. The van der Waals surface area contributed by atoms with Crippen LogP contribution in [0.25, 0.3) is 0 Å². The zero-order valence-corrected chi connectivity index (χ0v) is 13.6. The smallest absolute Gasteiger partial charge is 0.168 e. The van der Waals surface area contributed by atoms with E-state index in [-0.39, 0.29) is 6.04 Å². The molecular formula is C15H29N5O. The Balaban J connectivity index is 1.91. The lowest BCUT2D eigenvalue weighted by Gasteiger charge is -2.29. The van der Waals surface area contributed by atoms with Crippen molar-refractivity contribution in [1.29, 1.82) is 0 Å². The van der Waals surface area contributed by atoms with Crippen molar-refractivity contribution in [3.05, 3.63) is 5.82 Å². The van der Waals surface area contributed by atoms with E-state index >= 15 is 0 Å². The molecule has 1 aromatic heterocycles. The Kier molecular flexibility index (Phi) is 6.57. The summed E-state index contributed by atoms with van der Waals surface area (Å²) in [4.78, 5) is 0. The van der Waals surface area contributed by atoms with Gasteiger partial charge in [-0.1, -0.05) is 19.8 Å². The van der Waals surface area contributed by atoms with Crippen molar-refractivity contribution in [2.45, 2.75) is 64.5 Å². The highest BCUT2D eigenvalue weighted by Gasteiger charge is 2.26. The van der Waals surface area contributed by atoms with Crippen LogP contribution in [0, 0.1) is 5.92 Å². The summed E-state index contributed by atoms with van der Waals surface area (Å²) in [5.74, 6) is 1.86. The van der Waals surface area contributed by atoms with Gasteiger partial charge in [0.15, 0.2) is 5.82 Å². The molecule has 0 spiro atoms. The summed E-state index contributed by atoms with van der Waals surface area (Å²) in [5, 5.41) is 15.8. The molecule has 0 saturated heterocycles. The molecule has 6 heteroatoms. The van der Waals surface area contributed by atoms with E-state index in [1.165, 1.54) is 38.5 Å². The molecule has 6 nitrogen and oxygen atoms in total. The van der Waals surface area contributed by atoms with E-state index in [1.807, 2.05) is 4.68 Å².